The van der Waals surface area contributed by atoms with Crippen molar-refractivity contribution in [2.45, 2.75) is 6.92 Å². The van der Waals surface area contributed by atoms with E-state index in [-0.39, 0.29) is 0 Å². The first-order chi connectivity index (χ1) is 7.92. The van der Waals surface area contributed by atoms with Gasteiger partial charge in [0.05, 0.1) is 0 Å². The van der Waals surface area contributed by atoms with E-state index < -0.39 is 0 Å². The Bertz CT molecular complexity index is 529. The molecule has 0 aliphatic carbocycles. The van der Waals surface area contributed by atoms with Crippen LogP contribution in [0.2, 0.25) is 0 Å². The SMILES string of the molecule is CC=C=CCOc1cccc2ccccc12. The molecule has 0 atom stereocenters. The van der Waals surface area contributed by atoms with Crippen molar-refractivity contribution in [3.8, 4) is 5.75 Å². The van der Waals surface area contributed by atoms with Crippen molar-refractivity contribution in [1.82, 2.24) is 0 Å². The minimum atomic E-state index is 0.554. The largest absolute Gasteiger partial charge is 0.488 e. The van der Waals surface area contributed by atoms with Gasteiger partial charge in [-0.2, -0.15) is 0 Å². The van der Waals surface area contributed by atoms with Crippen LogP contribution in [0.1, 0.15) is 6.92 Å². The second-order valence-corrected chi connectivity index (χ2v) is 3.45. The Morgan fingerprint density at radius 3 is 2.81 bits per heavy atom. The molecule has 0 aromatic heterocycles. The van der Waals surface area contributed by atoms with E-state index in [0.29, 0.717) is 6.61 Å². The number of hydrogen-bond acceptors (Lipinski definition) is 1. The predicted octanol–water partition coefficient (Wildman–Crippen LogP) is 3.95. The number of hydrogen-bond donors (Lipinski definition) is 0. The third-order valence-electron chi connectivity index (χ3n) is 2.36. The van der Waals surface area contributed by atoms with Crippen LogP contribution in [0, 0.1) is 0 Å². The molecule has 1 heteroatoms. The molecule has 0 fully saturated rings. The zero-order chi connectivity index (χ0) is 11.2. The topological polar surface area (TPSA) is 9.23 Å². The van der Waals surface area contributed by atoms with Crippen molar-refractivity contribution in [3.05, 3.63) is 60.3 Å². The van der Waals surface area contributed by atoms with E-state index in [1.54, 1.807) is 0 Å². The number of ether oxygens (including phenoxy) is 1. The summed E-state index contributed by atoms with van der Waals surface area (Å²) in [7, 11) is 0. The second-order valence-electron chi connectivity index (χ2n) is 3.45. The molecule has 0 spiro atoms. The Morgan fingerprint density at radius 2 is 1.94 bits per heavy atom. The first-order valence-electron chi connectivity index (χ1n) is 5.38. The number of benzene rings is 2. The molecule has 16 heavy (non-hydrogen) atoms. The average Bonchev–Trinajstić information content (AvgIpc) is 2.35. The Morgan fingerprint density at radius 1 is 1.12 bits per heavy atom. The van der Waals surface area contributed by atoms with Crippen LogP contribution in [0.4, 0.5) is 0 Å². The van der Waals surface area contributed by atoms with Gasteiger partial charge in [-0.15, -0.1) is 5.73 Å². The van der Waals surface area contributed by atoms with Gasteiger partial charge in [0.15, 0.2) is 0 Å². The van der Waals surface area contributed by atoms with E-state index in [1.807, 2.05) is 43.3 Å². The molecular weight excluding hydrogens is 196 g/mol. The molecule has 2 aromatic rings. The highest BCUT2D eigenvalue weighted by Gasteiger charge is 1.98. The Labute approximate surface area is 95.7 Å². The summed E-state index contributed by atoms with van der Waals surface area (Å²) in [4.78, 5) is 0. The van der Waals surface area contributed by atoms with Crippen LogP contribution >= 0.6 is 0 Å². The molecular formula is C15H14O. The lowest BCUT2D eigenvalue weighted by Crippen LogP contribution is -1.93. The highest BCUT2D eigenvalue weighted by Crippen LogP contribution is 2.24. The summed E-state index contributed by atoms with van der Waals surface area (Å²) in [6.45, 7) is 2.49. The first-order valence-corrected chi connectivity index (χ1v) is 5.38. The fraction of sp³-hybridized carbons (Fsp3) is 0.133. The Balaban J connectivity index is 2.27. The van der Waals surface area contributed by atoms with E-state index in [1.165, 1.54) is 5.39 Å². The molecule has 0 bridgehead atoms. The molecule has 0 unspecified atom stereocenters. The van der Waals surface area contributed by atoms with Crippen molar-refractivity contribution in [2.24, 2.45) is 0 Å². The molecule has 0 amide bonds. The van der Waals surface area contributed by atoms with Gasteiger partial charge in [0.25, 0.3) is 0 Å². The lowest BCUT2D eigenvalue weighted by molar-refractivity contribution is 0.367. The zero-order valence-corrected chi connectivity index (χ0v) is 9.31. The molecule has 1 nitrogen and oxygen atoms in total. The standard InChI is InChI=1S/C15H14O/c1-2-3-6-12-16-15-11-7-9-13-8-4-5-10-14(13)15/h2,4-11H,12H2,1H3. The second kappa shape index (κ2) is 5.20. The molecule has 2 rings (SSSR count). The monoisotopic (exact) mass is 210 g/mol. The molecule has 0 saturated carbocycles. The molecule has 0 radical (unpaired) electrons. The molecule has 0 aliphatic heterocycles. The minimum Gasteiger partial charge on any atom is -0.488 e. The zero-order valence-electron chi connectivity index (χ0n) is 9.31. The molecule has 0 heterocycles. The van der Waals surface area contributed by atoms with Crippen LogP contribution in [0.5, 0.6) is 5.75 Å². The fourth-order valence-corrected chi connectivity index (χ4v) is 1.62. The van der Waals surface area contributed by atoms with Crippen LogP contribution in [0.3, 0.4) is 0 Å². The minimum absolute atomic E-state index is 0.554. The molecule has 0 N–H and O–H groups in total. The van der Waals surface area contributed by atoms with Gasteiger partial charge in [-0.05, 0) is 30.5 Å². The van der Waals surface area contributed by atoms with E-state index in [4.69, 9.17) is 4.74 Å². The van der Waals surface area contributed by atoms with Gasteiger partial charge in [0.2, 0.25) is 0 Å². The highest BCUT2D eigenvalue weighted by molar-refractivity contribution is 5.88. The summed E-state index contributed by atoms with van der Waals surface area (Å²) in [5, 5.41) is 2.36. The van der Waals surface area contributed by atoms with Crippen LogP contribution in [-0.4, -0.2) is 6.61 Å². The number of rotatable bonds is 3. The Hall–Kier alpha value is -1.98. The predicted molar refractivity (Wildman–Crippen MR) is 67.8 cm³/mol. The molecule has 80 valence electrons. The normalized spacial score (nSPS) is 9.56. The molecule has 0 saturated heterocycles. The fourth-order valence-electron chi connectivity index (χ4n) is 1.62. The van der Waals surface area contributed by atoms with Crippen molar-refractivity contribution in [2.75, 3.05) is 6.61 Å². The van der Waals surface area contributed by atoms with Crippen LogP contribution in [0.15, 0.2) is 60.3 Å². The lowest BCUT2D eigenvalue weighted by Gasteiger charge is -2.06. The van der Waals surface area contributed by atoms with Gasteiger partial charge in [-0.3, -0.25) is 0 Å². The third-order valence-corrected chi connectivity index (χ3v) is 2.36. The van der Waals surface area contributed by atoms with Crippen LogP contribution in [0.25, 0.3) is 10.8 Å². The van der Waals surface area contributed by atoms with Gasteiger partial charge >= 0.3 is 0 Å². The maximum atomic E-state index is 5.68. The molecule has 0 aliphatic rings. The van der Waals surface area contributed by atoms with Crippen molar-refractivity contribution in [1.29, 1.82) is 0 Å². The first kappa shape index (κ1) is 10.5. The maximum Gasteiger partial charge on any atom is 0.127 e. The van der Waals surface area contributed by atoms with E-state index in [9.17, 15) is 0 Å². The van der Waals surface area contributed by atoms with E-state index in [2.05, 4.69) is 23.9 Å². The van der Waals surface area contributed by atoms with Crippen LogP contribution in [-0.2, 0) is 0 Å². The summed E-state index contributed by atoms with van der Waals surface area (Å²) in [6.07, 6.45) is 3.74. The lowest BCUT2D eigenvalue weighted by atomic mass is 10.1. The summed E-state index contributed by atoms with van der Waals surface area (Å²) < 4.78 is 5.68. The smallest absolute Gasteiger partial charge is 0.127 e. The van der Waals surface area contributed by atoms with Crippen molar-refractivity contribution in [3.63, 3.8) is 0 Å². The van der Waals surface area contributed by atoms with Crippen molar-refractivity contribution < 1.29 is 4.74 Å². The maximum absolute atomic E-state index is 5.68. The molecule has 2 aromatic carbocycles. The summed E-state index contributed by atoms with van der Waals surface area (Å²) in [5.74, 6) is 0.923. The quantitative estimate of drug-likeness (QED) is 0.697. The van der Waals surface area contributed by atoms with Crippen molar-refractivity contribution >= 4 is 10.8 Å². The highest BCUT2D eigenvalue weighted by atomic mass is 16.5. The van der Waals surface area contributed by atoms with Gasteiger partial charge in [0, 0.05) is 5.39 Å². The van der Waals surface area contributed by atoms with Gasteiger partial charge < -0.3 is 4.74 Å². The van der Waals surface area contributed by atoms with E-state index >= 15 is 0 Å². The van der Waals surface area contributed by atoms with E-state index in [0.717, 1.165) is 11.1 Å². The van der Waals surface area contributed by atoms with Gasteiger partial charge in [-0.1, -0.05) is 36.4 Å². The summed E-state index contributed by atoms with van der Waals surface area (Å²) in [6, 6.07) is 14.3. The summed E-state index contributed by atoms with van der Waals surface area (Å²) >= 11 is 0. The Kier molecular flexibility index (Phi) is 3.42. The third kappa shape index (κ3) is 2.33. The van der Waals surface area contributed by atoms with Gasteiger partial charge in [0.1, 0.15) is 12.4 Å². The average molecular weight is 210 g/mol. The number of fused-ring (bicyclic) bond motifs is 1. The van der Waals surface area contributed by atoms with Gasteiger partial charge in [-0.25, -0.2) is 0 Å². The van der Waals surface area contributed by atoms with Crippen LogP contribution < -0.4 is 4.74 Å². The summed E-state index contributed by atoms with van der Waals surface area (Å²) in [5.41, 5.74) is 2.99.